The molecule has 0 aliphatic heterocycles. The molecule has 6 nitrogen and oxygen atoms in total. The second-order valence-corrected chi connectivity index (χ2v) is 6.32. The molecule has 1 saturated carbocycles. The van der Waals surface area contributed by atoms with Crippen molar-refractivity contribution in [3.05, 3.63) is 46.6 Å². The van der Waals surface area contributed by atoms with Crippen molar-refractivity contribution in [2.24, 2.45) is 0 Å². The summed E-state index contributed by atoms with van der Waals surface area (Å²) in [6.45, 7) is 3.38. The summed E-state index contributed by atoms with van der Waals surface area (Å²) in [7, 11) is 0. The zero-order chi connectivity index (χ0) is 16.9. The van der Waals surface area contributed by atoms with Gasteiger partial charge in [-0.15, -0.1) is 0 Å². The van der Waals surface area contributed by atoms with Crippen LogP contribution in [0.1, 0.15) is 43.0 Å². The van der Waals surface area contributed by atoms with Gasteiger partial charge in [0.1, 0.15) is 0 Å². The molecule has 7 heteroatoms. The number of halogens is 1. The number of aromatic nitrogens is 2. The van der Waals surface area contributed by atoms with Crippen molar-refractivity contribution < 1.29 is 9.32 Å². The van der Waals surface area contributed by atoms with Gasteiger partial charge in [0.15, 0.2) is 5.82 Å². The average Bonchev–Trinajstić information content (AvgIpc) is 3.33. The molecule has 3 rings (SSSR count). The van der Waals surface area contributed by atoms with Crippen LogP contribution in [0.3, 0.4) is 0 Å². The zero-order valence-electron chi connectivity index (χ0n) is 13.7. The van der Waals surface area contributed by atoms with Crippen LogP contribution in [0.15, 0.2) is 28.8 Å². The number of hydrogen-bond acceptors (Lipinski definition) is 4. The second-order valence-electron chi connectivity index (χ2n) is 5.91. The summed E-state index contributed by atoms with van der Waals surface area (Å²) in [4.78, 5) is 18.3. The lowest BCUT2D eigenvalue weighted by Gasteiger charge is -2.19. The first-order valence-corrected chi connectivity index (χ1v) is 8.63. The van der Waals surface area contributed by atoms with Gasteiger partial charge in [0.05, 0.1) is 6.54 Å². The Morgan fingerprint density at radius 2 is 2.21 bits per heavy atom. The Kier molecular flexibility index (Phi) is 5.35. The number of nitrogens with zero attached hydrogens (tertiary/aromatic N) is 3. The van der Waals surface area contributed by atoms with Crippen LogP contribution in [0.25, 0.3) is 0 Å². The fourth-order valence-electron chi connectivity index (χ4n) is 2.44. The highest BCUT2D eigenvalue weighted by molar-refractivity contribution is 6.31. The van der Waals surface area contributed by atoms with Gasteiger partial charge in [-0.05, 0) is 37.8 Å². The van der Waals surface area contributed by atoms with Crippen LogP contribution in [0.2, 0.25) is 5.02 Å². The maximum atomic E-state index is 12.3. The lowest BCUT2D eigenvalue weighted by atomic mass is 10.1. The lowest BCUT2D eigenvalue weighted by Crippen LogP contribution is -2.40. The van der Waals surface area contributed by atoms with E-state index in [2.05, 4.69) is 15.5 Å². The summed E-state index contributed by atoms with van der Waals surface area (Å²) in [5, 5.41) is 7.60. The molecule has 1 fully saturated rings. The van der Waals surface area contributed by atoms with Crippen LogP contribution in [0, 0.1) is 0 Å². The minimum absolute atomic E-state index is 0.137. The van der Waals surface area contributed by atoms with Crippen LogP contribution in [-0.4, -0.2) is 34.2 Å². The van der Waals surface area contributed by atoms with Gasteiger partial charge in [0.25, 0.3) is 0 Å². The molecule has 1 aliphatic rings. The third kappa shape index (κ3) is 4.26. The minimum atomic E-state index is -0.137. The van der Waals surface area contributed by atoms with Gasteiger partial charge in [-0.25, -0.2) is 4.79 Å². The lowest BCUT2D eigenvalue weighted by molar-refractivity contribution is 0.196. The molecule has 1 aliphatic carbocycles. The molecular formula is C17H21ClN4O2. The highest BCUT2D eigenvalue weighted by atomic mass is 35.5. The molecule has 1 heterocycles. The van der Waals surface area contributed by atoms with Gasteiger partial charge < -0.3 is 14.7 Å². The van der Waals surface area contributed by atoms with E-state index in [1.807, 2.05) is 31.2 Å². The van der Waals surface area contributed by atoms with E-state index in [4.69, 9.17) is 16.1 Å². The fourth-order valence-corrected chi connectivity index (χ4v) is 2.67. The summed E-state index contributed by atoms with van der Waals surface area (Å²) in [5.41, 5.74) is 1.02. The van der Waals surface area contributed by atoms with Gasteiger partial charge in [0.2, 0.25) is 5.89 Å². The maximum absolute atomic E-state index is 12.3. The maximum Gasteiger partial charge on any atom is 0.317 e. The van der Waals surface area contributed by atoms with E-state index in [1.54, 1.807) is 4.90 Å². The van der Waals surface area contributed by atoms with Crippen molar-refractivity contribution in [1.29, 1.82) is 0 Å². The van der Waals surface area contributed by atoms with Gasteiger partial charge in [-0.3, -0.25) is 0 Å². The Balaban J connectivity index is 1.49. The molecule has 0 radical (unpaired) electrons. The Hall–Kier alpha value is -2.08. The normalized spacial score (nSPS) is 13.8. The van der Waals surface area contributed by atoms with Crippen molar-refractivity contribution >= 4 is 17.6 Å². The number of nitrogens with one attached hydrogen (secondary N) is 1. The highest BCUT2D eigenvalue weighted by Crippen LogP contribution is 2.38. The SMILES string of the molecule is CCN(Cc1noc(C2CC2)n1)C(=O)NCCc1ccccc1Cl. The van der Waals surface area contributed by atoms with E-state index in [9.17, 15) is 4.79 Å². The smallest absolute Gasteiger partial charge is 0.317 e. The molecule has 0 spiro atoms. The molecule has 1 aromatic carbocycles. The van der Waals surface area contributed by atoms with E-state index in [0.29, 0.717) is 43.7 Å². The van der Waals surface area contributed by atoms with Crippen molar-refractivity contribution in [3.8, 4) is 0 Å². The third-order valence-electron chi connectivity index (χ3n) is 4.04. The summed E-state index contributed by atoms with van der Waals surface area (Å²) in [5.74, 6) is 1.67. The standard InChI is InChI=1S/C17H21ClN4O2/c1-2-22(11-15-20-16(24-21-15)13-7-8-13)17(23)19-10-9-12-5-3-4-6-14(12)18/h3-6,13H,2,7-11H2,1H3,(H,19,23). The van der Waals surface area contributed by atoms with Crippen LogP contribution in [0.4, 0.5) is 4.79 Å². The molecule has 0 bridgehead atoms. The monoisotopic (exact) mass is 348 g/mol. The molecule has 0 atom stereocenters. The molecule has 0 unspecified atom stereocenters. The summed E-state index contributed by atoms with van der Waals surface area (Å²) < 4.78 is 5.23. The van der Waals surface area contributed by atoms with Crippen LogP contribution in [0.5, 0.6) is 0 Å². The first-order valence-electron chi connectivity index (χ1n) is 8.26. The molecule has 24 heavy (non-hydrogen) atoms. The van der Waals surface area contributed by atoms with Gasteiger partial charge in [-0.1, -0.05) is 35.0 Å². The third-order valence-corrected chi connectivity index (χ3v) is 4.41. The van der Waals surface area contributed by atoms with Crippen LogP contribution < -0.4 is 5.32 Å². The Bertz CT molecular complexity index is 699. The molecule has 1 aromatic heterocycles. The molecular weight excluding hydrogens is 328 g/mol. The van der Waals surface area contributed by atoms with Crippen molar-refractivity contribution in [2.75, 3.05) is 13.1 Å². The number of carbonyl (C=O) groups excluding carboxylic acids is 1. The average molecular weight is 349 g/mol. The van der Waals surface area contributed by atoms with E-state index < -0.39 is 0 Å². The molecule has 128 valence electrons. The minimum Gasteiger partial charge on any atom is -0.339 e. The van der Waals surface area contributed by atoms with E-state index in [-0.39, 0.29) is 6.03 Å². The predicted molar refractivity (Wildman–Crippen MR) is 90.9 cm³/mol. The Labute approximate surface area is 146 Å². The Morgan fingerprint density at radius 3 is 2.92 bits per heavy atom. The quantitative estimate of drug-likeness (QED) is 0.832. The number of rotatable bonds is 7. The van der Waals surface area contributed by atoms with E-state index in [1.165, 1.54) is 0 Å². The summed E-state index contributed by atoms with van der Waals surface area (Å²) in [6.07, 6.45) is 2.92. The number of amides is 2. The van der Waals surface area contributed by atoms with E-state index >= 15 is 0 Å². The number of carbonyl (C=O) groups is 1. The molecule has 1 N–H and O–H groups in total. The highest BCUT2D eigenvalue weighted by Gasteiger charge is 2.30. The molecule has 0 saturated heterocycles. The van der Waals surface area contributed by atoms with Crippen molar-refractivity contribution in [3.63, 3.8) is 0 Å². The van der Waals surface area contributed by atoms with Crippen molar-refractivity contribution in [1.82, 2.24) is 20.4 Å². The Morgan fingerprint density at radius 1 is 1.42 bits per heavy atom. The van der Waals surface area contributed by atoms with Crippen molar-refractivity contribution in [2.45, 2.75) is 38.6 Å². The van der Waals surface area contributed by atoms with Crippen LogP contribution >= 0.6 is 11.6 Å². The predicted octanol–water partition coefficient (Wildman–Crippen LogP) is 3.37. The largest absolute Gasteiger partial charge is 0.339 e. The topological polar surface area (TPSA) is 71.3 Å². The van der Waals surface area contributed by atoms with Crippen LogP contribution in [-0.2, 0) is 13.0 Å². The first kappa shape index (κ1) is 16.8. The molecule has 2 aromatic rings. The number of hydrogen-bond donors (Lipinski definition) is 1. The van der Waals surface area contributed by atoms with Gasteiger partial charge >= 0.3 is 6.03 Å². The summed E-state index contributed by atoms with van der Waals surface area (Å²) >= 11 is 6.12. The summed E-state index contributed by atoms with van der Waals surface area (Å²) in [6, 6.07) is 7.51. The molecule has 2 amide bonds. The second kappa shape index (κ2) is 7.66. The van der Waals surface area contributed by atoms with Gasteiger partial charge in [-0.2, -0.15) is 4.98 Å². The number of urea groups is 1. The fraction of sp³-hybridized carbons (Fsp3) is 0.471. The van der Waals surface area contributed by atoms with E-state index in [0.717, 1.165) is 23.4 Å². The van der Waals surface area contributed by atoms with Gasteiger partial charge in [0, 0.05) is 24.0 Å². The number of benzene rings is 1. The zero-order valence-corrected chi connectivity index (χ0v) is 14.4. The first-order chi connectivity index (χ1) is 11.7.